The number of hydrogen-bond donors (Lipinski definition) is 2. The van der Waals surface area contributed by atoms with E-state index in [1.54, 1.807) is 13.2 Å². The molecule has 0 spiro atoms. The van der Waals surface area contributed by atoms with Gasteiger partial charge in [0, 0.05) is 13.1 Å². The molecule has 2 N–H and O–H groups in total. The van der Waals surface area contributed by atoms with E-state index >= 15 is 0 Å². The fraction of sp³-hybridized carbons (Fsp3) is 0.500. The van der Waals surface area contributed by atoms with E-state index in [-0.39, 0.29) is 18.2 Å². The molecule has 1 aromatic carbocycles. The molecule has 3 rings (SSSR count). The van der Waals surface area contributed by atoms with Crippen LogP contribution in [0, 0.1) is 6.92 Å². The van der Waals surface area contributed by atoms with Crippen LogP contribution >= 0.6 is 0 Å². The van der Waals surface area contributed by atoms with Gasteiger partial charge in [0.15, 0.2) is 0 Å². The van der Waals surface area contributed by atoms with Crippen molar-refractivity contribution in [3.8, 4) is 5.75 Å². The zero-order valence-electron chi connectivity index (χ0n) is 14.7. The van der Waals surface area contributed by atoms with Crippen molar-refractivity contribution >= 4 is 23.5 Å². The smallest absolute Gasteiger partial charge is 0.249 e. The number of amides is 2. The third-order valence-electron chi connectivity index (χ3n) is 4.48. The van der Waals surface area contributed by atoms with Crippen LogP contribution in [0.1, 0.15) is 31.2 Å². The lowest BCUT2D eigenvalue weighted by atomic mass is 10.1. The molecule has 2 aliphatic rings. The molecule has 0 bridgehead atoms. The van der Waals surface area contributed by atoms with Gasteiger partial charge >= 0.3 is 0 Å². The molecule has 1 atom stereocenters. The van der Waals surface area contributed by atoms with Gasteiger partial charge in [-0.05, 0) is 43.9 Å². The third-order valence-corrected chi connectivity index (χ3v) is 4.48. The Labute approximate surface area is 147 Å². The topological polar surface area (TPSA) is 83.0 Å². The van der Waals surface area contributed by atoms with Gasteiger partial charge < -0.3 is 15.0 Å². The van der Waals surface area contributed by atoms with Crippen LogP contribution in [0.3, 0.4) is 0 Å². The van der Waals surface area contributed by atoms with Crippen molar-refractivity contribution in [3.63, 3.8) is 0 Å². The Hall–Kier alpha value is -2.57. The van der Waals surface area contributed by atoms with E-state index in [1.807, 2.05) is 24.0 Å². The molecule has 0 unspecified atom stereocenters. The average molecular weight is 344 g/mol. The standard InChI is InChI=1S/C18H24N4O3/c1-12-6-7-15(25-2)13(10-12)19-17(24)14-11-16(23)21-18(20-14)22-8-4-3-5-9-22/h6-7,10,14H,3-5,8-9,11H2,1-2H3,(H,19,24)(H,20,21,23)/t14-/m0/s1. The lowest BCUT2D eigenvalue weighted by molar-refractivity contribution is -0.125. The van der Waals surface area contributed by atoms with Gasteiger partial charge in [0.25, 0.3) is 0 Å². The average Bonchev–Trinajstić information content (AvgIpc) is 2.62. The summed E-state index contributed by atoms with van der Waals surface area (Å²) in [6.07, 6.45) is 3.39. The maximum absolute atomic E-state index is 12.6. The summed E-state index contributed by atoms with van der Waals surface area (Å²) in [6, 6.07) is 4.83. The molecular weight excluding hydrogens is 320 g/mol. The lowest BCUT2D eigenvalue weighted by Gasteiger charge is -2.32. The molecule has 0 aromatic heterocycles. The first-order valence-electron chi connectivity index (χ1n) is 8.65. The molecule has 2 heterocycles. The van der Waals surface area contributed by atoms with Gasteiger partial charge in [-0.15, -0.1) is 0 Å². The quantitative estimate of drug-likeness (QED) is 0.874. The van der Waals surface area contributed by atoms with E-state index in [0.717, 1.165) is 31.5 Å². The fourth-order valence-corrected chi connectivity index (χ4v) is 3.13. The van der Waals surface area contributed by atoms with Crippen molar-refractivity contribution in [2.45, 2.75) is 38.6 Å². The predicted molar refractivity (Wildman–Crippen MR) is 95.8 cm³/mol. The Balaban J connectivity index is 1.76. The molecule has 2 amide bonds. The van der Waals surface area contributed by atoms with Crippen molar-refractivity contribution in [1.82, 2.24) is 10.2 Å². The largest absolute Gasteiger partial charge is 0.495 e. The highest BCUT2D eigenvalue weighted by Crippen LogP contribution is 2.26. The zero-order chi connectivity index (χ0) is 17.8. The molecule has 1 aromatic rings. The van der Waals surface area contributed by atoms with Crippen molar-refractivity contribution in [3.05, 3.63) is 23.8 Å². The van der Waals surface area contributed by atoms with E-state index < -0.39 is 6.04 Å². The van der Waals surface area contributed by atoms with Gasteiger partial charge in [-0.1, -0.05) is 6.07 Å². The predicted octanol–water partition coefficient (Wildman–Crippen LogP) is 1.67. The van der Waals surface area contributed by atoms with E-state index in [2.05, 4.69) is 15.6 Å². The number of benzene rings is 1. The number of guanidine groups is 1. The Bertz CT molecular complexity index is 696. The summed E-state index contributed by atoms with van der Waals surface area (Å²) in [6.45, 7) is 3.66. The number of nitrogens with zero attached hydrogens (tertiary/aromatic N) is 2. The van der Waals surface area contributed by atoms with Crippen molar-refractivity contribution in [1.29, 1.82) is 0 Å². The number of aliphatic imine (C=N–C) groups is 1. The second-order valence-electron chi connectivity index (χ2n) is 6.46. The van der Waals surface area contributed by atoms with Crippen LogP contribution in [-0.4, -0.2) is 48.9 Å². The van der Waals surface area contributed by atoms with Gasteiger partial charge in [-0.3, -0.25) is 14.9 Å². The first-order valence-corrected chi connectivity index (χ1v) is 8.65. The molecule has 7 nitrogen and oxygen atoms in total. The SMILES string of the molecule is COc1ccc(C)cc1NC(=O)[C@@H]1CC(=O)NC(N2CCCCC2)=N1. The molecule has 0 aliphatic carbocycles. The first kappa shape index (κ1) is 17.3. The van der Waals surface area contributed by atoms with Gasteiger partial charge in [-0.25, -0.2) is 4.99 Å². The number of anilines is 1. The normalized spacial score (nSPS) is 20.6. The highest BCUT2D eigenvalue weighted by atomic mass is 16.5. The fourth-order valence-electron chi connectivity index (χ4n) is 3.13. The zero-order valence-corrected chi connectivity index (χ0v) is 14.7. The van der Waals surface area contributed by atoms with Crippen molar-refractivity contribution in [2.75, 3.05) is 25.5 Å². The third kappa shape index (κ3) is 4.10. The van der Waals surface area contributed by atoms with Gasteiger partial charge in [-0.2, -0.15) is 0 Å². The monoisotopic (exact) mass is 344 g/mol. The van der Waals surface area contributed by atoms with E-state index in [0.29, 0.717) is 17.4 Å². The molecule has 1 fully saturated rings. The van der Waals surface area contributed by atoms with Crippen LogP contribution in [0.15, 0.2) is 23.2 Å². The molecule has 1 saturated heterocycles. The maximum atomic E-state index is 12.6. The summed E-state index contributed by atoms with van der Waals surface area (Å²) in [5.74, 6) is 0.631. The van der Waals surface area contributed by atoms with Crippen LogP contribution in [0.5, 0.6) is 5.75 Å². The maximum Gasteiger partial charge on any atom is 0.249 e. The van der Waals surface area contributed by atoms with Crippen LogP contribution in [0.2, 0.25) is 0 Å². The van der Waals surface area contributed by atoms with Crippen LogP contribution in [0.4, 0.5) is 5.69 Å². The minimum atomic E-state index is -0.726. The van der Waals surface area contributed by atoms with E-state index in [9.17, 15) is 9.59 Å². The number of aryl methyl sites for hydroxylation is 1. The Morgan fingerprint density at radius 1 is 1.32 bits per heavy atom. The molecule has 7 heteroatoms. The summed E-state index contributed by atoms with van der Waals surface area (Å²) in [7, 11) is 1.56. The first-order chi connectivity index (χ1) is 12.1. The van der Waals surface area contributed by atoms with Crippen molar-refractivity contribution in [2.24, 2.45) is 4.99 Å². The second kappa shape index (κ2) is 7.55. The van der Waals surface area contributed by atoms with Crippen LogP contribution in [0.25, 0.3) is 0 Å². The number of rotatable bonds is 3. The Morgan fingerprint density at radius 3 is 2.80 bits per heavy atom. The number of carbonyl (C=O) groups excluding carboxylic acids is 2. The Morgan fingerprint density at radius 2 is 2.08 bits per heavy atom. The van der Waals surface area contributed by atoms with Crippen LogP contribution in [-0.2, 0) is 9.59 Å². The highest BCUT2D eigenvalue weighted by Gasteiger charge is 2.30. The number of hydrogen-bond acceptors (Lipinski definition) is 5. The number of carbonyl (C=O) groups is 2. The van der Waals surface area contributed by atoms with Gasteiger partial charge in [0.2, 0.25) is 17.8 Å². The van der Waals surface area contributed by atoms with E-state index in [1.165, 1.54) is 6.42 Å². The number of nitrogens with one attached hydrogen (secondary N) is 2. The summed E-state index contributed by atoms with van der Waals surface area (Å²) in [5, 5.41) is 5.65. The molecule has 25 heavy (non-hydrogen) atoms. The number of ether oxygens (including phenoxy) is 1. The molecule has 0 radical (unpaired) electrons. The summed E-state index contributed by atoms with van der Waals surface area (Å²) >= 11 is 0. The van der Waals surface area contributed by atoms with Gasteiger partial charge in [0.1, 0.15) is 11.8 Å². The number of likely N-dealkylation sites (tertiary alicyclic amines) is 1. The van der Waals surface area contributed by atoms with Crippen molar-refractivity contribution < 1.29 is 14.3 Å². The molecular formula is C18H24N4O3. The van der Waals surface area contributed by atoms with Gasteiger partial charge in [0.05, 0.1) is 19.2 Å². The summed E-state index contributed by atoms with van der Waals surface area (Å²) in [5.41, 5.74) is 1.60. The lowest BCUT2D eigenvalue weighted by Crippen LogP contribution is -2.51. The minimum absolute atomic E-state index is 0.0529. The highest BCUT2D eigenvalue weighted by molar-refractivity contribution is 6.06. The molecule has 2 aliphatic heterocycles. The number of methoxy groups -OCH3 is 1. The van der Waals surface area contributed by atoms with E-state index in [4.69, 9.17) is 4.74 Å². The summed E-state index contributed by atoms with van der Waals surface area (Å²) < 4.78 is 5.29. The molecule has 0 saturated carbocycles. The Kier molecular flexibility index (Phi) is 5.21. The minimum Gasteiger partial charge on any atom is -0.495 e. The molecule has 134 valence electrons. The number of piperidine rings is 1. The summed E-state index contributed by atoms with van der Waals surface area (Å²) in [4.78, 5) is 31.2. The van der Waals surface area contributed by atoms with Crippen LogP contribution < -0.4 is 15.4 Å². The second-order valence-corrected chi connectivity index (χ2v) is 6.46.